The van der Waals surface area contributed by atoms with Crippen molar-refractivity contribution in [3.8, 4) is 11.5 Å². The summed E-state index contributed by atoms with van der Waals surface area (Å²) >= 11 is 5.93. The molecule has 2 aromatic rings. The lowest BCUT2D eigenvalue weighted by Crippen LogP contribution is -2.66. The van der Waals surface area contributed by atoms with Gasteiger partial charge in [0.05, 0.1) is 17.3 Å². The first kappa shape index (κ1) is 22.1. The Morgan fingerprint density at radius 3 is 2.58 bits per heavy atom. The summed E-state index contributed by atoms with van der Waals surface area (Å²) in [7, 11) is 0. The molecule has 176 valence electrons. The second kappa shape index (κ2) is 7.69. The third-order valence-corrected chi connectivity index (χ3v) is 6.74. The van der Waals surface area contributed by atoms with Crippen LogP contribution in [0.4, 0.5) is 14.9 Å². The van der Waals surface area contributed by atoms with Crippen molar-refractivity contribution in [3.63, 3.8) is 0 Å². The van der Waals surface area contributed by atoms with Crippen LogP contribution in [-0.4, -0.2) is 41.8 Å². The average Bonchev–Trinajstić information content (AvgIpc) is 3.03. The fourth-order valence-electron chi connectivity index (χ4n) is 4.89. The van der Waals surface area contributed by atoms with Gasteiger partial charge in [-0.25, -0.2) is 9.18 Å². The van der Waals surface area contributed by atoms with Crippen LogP contribution in [0.3, 0.4) is 0 Å². The van der Waals surface area contributed by atoms with Gasteiger partial charge in [0.15, 0.2) is 11.5 Å². The van der Waals surface area contributed by atoms with Crippen molar-refractivity contribution in [2.75, 3.05) is 18.0 Å². The van der Waals surface area contributed by atoms with Crippen molar-refractivity contribution >= 4 is 23.4 Å². The molecule has 0 spiro atoms. The molecule has 2 aliphatic heterocycles. The number of halogens is 2. The lowest BCUT2D eigenvalue weighted by Gasteiger charge is -2.54. The zero-order chi connectivity index (χ0) is 23.5. The molecule has 3 atom stereocenters. The van der Waals surface area contributed by atoms with Crippen LogP contribution in [0.25, 0.3) is 0 Å². The van der Waals surface area contributed by atoms with Gasteiger partial charge >= 0.3 is 6.09 Å². The summed E-state index contributed by atoms with van der Waals surface area (Å²) in [6.07, 6.45) is 1.64. The minimum Gasteiger partial charge on any atom is -0.444 e. The summed E-state index contributed by atoms with van der Waals surface area (Å²) in [6.45, 7) is 8.55. The number of carbonyl (C=O) groups excluding carboxylic acids is 1. The van der Waals surface area contributed by atoms with Gasteiger partial charge < -0.3 is 24.0 Å². The summed E-state index contributed by atoms with van der Waals surface area (Å²) in [5, 5.41) is 0.315. The molecule has 0 radical (unpaired) electrons. The molecule has 3 aliphatic rings. The van der Waals surface area contributed by atoms with E-state index in [1.807, 2.05) is 43.9 Å². The SMILES string of the molecule is CC(C)(C)OC(=O)N1CCN(c2cccc3c2OC(C)(c2ccc(Cl)cc2F)O3)[C@H]2CC[C@@H]21. The molecule has 1 unspecified atom stereocenters. The van der Waals surface area contributed by atoms with Gasteiger partial charge in [0.2, 0.25) is 0 Å². The third kappa shape index (κ3) is 3.86. The summed E-state index contributed by atoms with van der Waals surface area (Å²) in [5.74, 6) is -0.630. The molecule has 1 saturated heterocycles. The number of piperazine rings is 1. The number of amides is 1. The predicted octanol–water partition coefficient (Wildman–Crippen LogP) is 5.71. The van der Waals surface area contributed by atoms with E-state index in [0.717, 1.165) is 18.5 Å². The van der Waals surface area contributed by atoms with Crippen molar-refractivity contribution in [2.24, 2.45) is 0 Å². The van der Waals surface area contributed by atoms with Gasteiger partial charge in [-0.05, 0) is 63.9 Å². The smallest absolute Gasteiger partial charge is 0.410 e. The normalized spacial score (nSPS) is 26.0. The highest BCUT2D eigenvalue weighted by Crippen LogP contribution is 2.51. The molecular formula is C25H28ClFN2O4. The lowest BCUT2D eigenvalue weighted by atomic mass is 9.81. The van der Waals surface area contributed by atoms with Gasteiger partial charge in [0.25, 0.3) is 5.79 Å². The number of nitrogens with zero attached hydrogens (tertiary/aromatic N) is 2. The fraction of sp³-hybridized carbons (Fsp3) is 0.480. The van der Waals surface area contributed by atoms with Crippen LogP contribution in [0.2, 0.25) is 5.02 Å². The van der Waals surface area contributed by atoms with Crippen molar-refractivity contribution in [1.29, 1.82) is 0 Å². The van der Waals surface area contributed by atoms with Crippen LogP contribution in [0.1, 0.15) is 46.1 Å². The molecule has 8 heteroatoms. The van der Waals surface area contributed by atoms with Gasteiger partial charge in [-0.1, -0.05) is 17.7 Å². The maximum absolute atomic E-state index is 14.7. The van der Waals surface area contributed by atoms with Crippen LogP contribution >= 0.6 is 11.6 Å². The average molecular weight is 475 g/mol. The molecule has 1 saturated carbocycles. The zero-order valence-corrected chi connectivity index (χ0v) is 20.0. The molecule has 1 amide bonds. The van der Waals surface area contributed by atoms with Crippen molar-refractivity contribution < 1.29 is 23.4 Å². The maximum Gasteiger partial charge on any atom is 0.410 e. The topological polar surface area (TPSA) is 51.2 Å². The Morgan fingerprint density at radius 1 is 1.15 bits per heavy atom. The van der Waals surface area contributed by atoms with E-state index < -0.39 is 17.2 Å². The Balaban J connectivity index is 1.40. The van der Waals surface area contributed by atoms with Gasteiger partial charge in [0.1, 0.15) is 11.4 Å². The number of para-hydroxylation sites is 1. The highest BCUT2D eigenvalue weighted by Gasteiger charge is 2.48. The van der Waals surface area contributed by atoms with E-state index in [4.69, 9.17) is 25.8 Å². The third-order valence-electron chi connectivity index (χ3n) is 6.50. The number of carbonyl (C=O) groups is 1. The van der Waals surface area contributed by atoms with Crippen LogP contribution in [-0.2, 0) is 10.5 Å². The molecule has 0 N–H and O–H groups in total. The van der Waals surface area contributed by atoms with E-state index in [-0.39, 0.29) is 23.7 Å². The molecule has 0 bridgehead atoms. The van der Waals surface area contributed by atoms with Crippen LogP contribution in [0, 0.1) is 5.82 Å². The zero-order valence-electron chi connectivity index (χ0n) is 19.2. The molecule has 33 heavy (non-hydrogen) atoms. The van der Waals surface area contributed by atoms with Crippen molar-refractivity contribution in [3.05, 3.63) is 52.8 Å². The van der Waals surface area contributed by atoms with Gasteiger partial charge in [-0.3, -0.25) is 0 Å². The van der Waals surface area contributed by atoms with Gasteiger partial charge in [-0.2, -0.15) is 0 Å². The van der Waals surface area contributed by atoms with E-state index in [0.29, 0.717) is 29.6 Å². The Bertz CT molecular complexity index is 1100. The minimum absolute atomic E-state index is 0.0897. The summed E-state index contributed by atoms with van der Waals surface area (Å²) in [5.41, 5.74) is 0.648. The lowest BCUT2D eigenvalue weighted by molar-refractivity contribution is -0.0706. The van der Waals surface area contributed by atoms with Crippen molar-refractivity contribution in [1.82, 2.24) is 4.90 Å². The summed E-state index contributed by atoms with van der Waals surface area (Å²) < 4.78 is 32.7. The molecule has 2 aromatic carbocycles. The van der Waals surface area contributed by atoms with Gasteiger partial charge in [-0.15, -0.1) is 0 Å². The van der Waals surface area contributed by atoms with E-state index in [2.05, 4.69) is 4.90 Å². The Hall–Kier alpha value is -2.67. The number of rotatable bonds is 2. The molecule has 5 rings (SSSR count). The monoisotopic (exact) mass is 474 g/mol. The molecule has 0 aromatic heterocycles. The quantitative estimate of drug-likeness (QED) is 0.558. The summed E-state index contributed by atoms with van der Waals surface area (Å²) in [6, 6.07) is 10.5. The van der Waals surface area contributed by atoms with E-state index >= 15 is 0 Å². The van der Waals surface area contributed by atoms with Crippen LogP contribution in [0.15, 0.2) is 36.4 Å². The first-order valence-electron chi connectivity index (χ1n) is 11.3. The predicted molar refractivity (Wildman–Crippen MR) is 124 cm³/mol. The molecule has 2 heterocycles. The highest BCUT2D eigenvalue weighted by molar-refractivity contribution is 6.30. The molecule has 2 fully saturated rings. The molecule has 6 nitrogen and oxygen atoms in total. The highest BCUT2D eigenvalue weighted by atomic mass is 35.5. The number of fused-ring (bicyclic) bond motifs is 2. The maximum atomic E-state index is 14.7. The molecule has 1 aliphatic carbocycles. The van der Waals surface area contributed by atoms with E-state index in [1.165, 1.54) is 6.07 Å². The van der Waals surface area contributed by atoms with Crippen molar-refractivity contribution in [2.45, 2.75) is 64.0 Å². The Kier molecular flexibility index (Phi) is 5.16. The van der Waals surface area contributed by atoms with Crippen LogP contribution < -0.4 is 14.4 Å². The van der Waals surface area contributed by atoms with E-state index in [9.17, 15) is 9.18 Å². The number of hydrogen-bond acceptors (Lipinski definition) is 5. The van der Waals surface area contributed by atoms with E-state index in [1.54, 1.807) is 19.1 Å². The fourth-order valence-corrected chi connectivity index (χ4v) is 5.05. The molecular weight excluding hydrogens is 447 g/mol. The van der Waals surface area contributed by atoms with Gasteiger partial charge in [0, 0.05) is 31.1 Å². The largest absolute Gasteiger partial charge is 0.444 e. The first-order valence-corrected chi connectivity index (χ1v) is 11.7. The first-order chi connectivity index (χ1) is 15.6. The standard InChI is InChI=1S/C25H28ClFN2O4/c1-24(2,3)33-23(30)29-13-12-28(18-10-11-19(18)29)20-6-5-7-21-22(20)32-25(4,31-21)16-9-8-15(26)14-17(16)27/h5-9,14,18-19H,10-13H2,1-4H3/t18-,19-,25?/m0/s1. The second-order valence-electron chi connectivity index (χ2n) is 9.96. The van der Waals surface area contributed by atoms with Crippen LogP contribution in [0.5, 0.6) is 11.5 Å². The Labute approximate surface area is 198 Å². The number of ether oxygens (including phenoxy) is 3. The summed E-state index contributed by atoms with van der Waals surface area (Å²) in [4.78, 5) is 16.9. The second-order valence-corrected chi connectivity index (χ2v) is 10.4. The Morgan fingerprint density at radius 2 is 1.91 bits per heavy atom. The number of benzene rings is 2. The number of hydrogen-bond donors (Lipinski definition) is 0. The minimum atomic E-state index is -1.30. The number of anilines is 1.